The number of hydrogen-bond donors (Lipinski definition) is 0. The van der Waals surface area contributed by atoms with Gasteiger partial charge in [-0.05, 0) is 43.0 Å². The number of carbonyl (C=O) groups excluding carboxylic acids is 1. The van der Waals surface area contributed by atoms with Crippen LogP contribution in [0.15, 0.2) is 48.5 Å². The van der Waals surface area contributed by atoms with E-state index in [-0.39, 0.29) is 5.91 Å². The van der Waals surface area contributed by atoms with Crippen LogP contribution in [0.25, 0.3) is 0 Å². The van der Waals surface area contributed by atoms with Gasteiger partial charge in [-0.25, -0.2) is 0 Å². The van der Waals surface area contributed by atoms with Crippen LogP contribution in [0, 0.1) is 0 Å². The van der Waals surface area contributed by atoms with Crippen LogP contribution in [-0.2, 0) is 30.9 Å². The lowest BCUT2D eigenvalue weighted by Crippen LogP contribution is -2.54. The minimum atomic E-state index is -3.69. The molecular formula is C22H25Cl2NO4S. The highest BCUT2D eigenvalue weighted by Crippen LogP contribution is 2.41. The van der Waals surface area contributed by atoms with Crippen LogP contribution >= 0.6 is 23.2 Å². The summed E-state index contributed by atoms with van der Waals surface area (Å²) in [4.78, 5) is 14.8. The van der Waals surface area contributed by atoms with Gasteiger partial charge in [0.15, 0.2) is 0 Å². The molecule has 0 aromatic heterocycles. The van der Waals surface area contributed by atoms with Gasteiger partial charge in [0.1, 0.15) is 0 Å². The van der Waals surface area contributed by atoms with Crippen molar-refractivity contribution >= 4 is 39.2 Å². The van der Waals surface area contributed by atoms with Crippen LogP contribution < -0.4 is 0 Å². The number of amides is 1. The largest absolute Gasteiger partial charge is 0.341 e. The van der Waals surface area contributed by atoms with Gasteiger partial charge in [0.2, 0.25) is 5.91 Å². The zero-order valence-corrected chi connectivity index (χ0v) is 19.3. The van der Waals surface area contributed by atoms with Gasteiger partial charge >= 0.3 is 0 Å². The molecule has 2 aromatic carbocycles. The van der Waals surface area contributed by atoms with Crippen molar-refractivity contribution in [1.29, 1.82) is 0 Å². The Hall–Kier alpha value is -1.60. The number of likely N-dealkylation sites (tertiary alicyclic amines) is 1. The molecule has 0 bridgehead atoms. The third-order valence-corrected chi connectivity index (χ3v) is 7.04. The normalized spacial score (nSPS) is 20.7. The molecule has 2 aromatic rings. The van der Waals surface area contributed by atoms with Crippen LogP contribution in [0.4, 0.5) is 0 Å². The van der Waals surface area contributed by atoms with Gasteiger partial charge in [-0.15, -0.1) is 0 Å². The first-order chi connectivity index (χ1) is 14.1. The number of rotatable bonds is 6. The number of benzene rings is 2. The molecule has 2 atom stereocenters. The van der Waals surface area contributed by atoms with E-state index >= 15 is 0 Å². The second kappa shape index (κ2) is 9.27. The molecule has 8 heteroatoms. The van der Waals surface area contributed by atoms with Crippen molar-refractivity contribution < 1.29 is 17.4 Å². The highest BCUT2D eigenvalue weighted by Gasteiger charge is 2.45. The molecule has 0 radical (unpaired) electrons. The predicted molar refractivity (Wildman–Crippen MR) is 119 cm³/mol. The van der Waals surface area contributed by atoms with Gasteiger partial charge in [-0.3, -0.25) is 8.98 Å². The summed E-state index contributed by atoms with van der Waals surface area (Å²) in [6.07, 6.45) is 2.03. The van der Waals surface area contributed by atoms with Gasteiger partial charge in [0.05, 0.1) is 28.8 Å². The Morgan fingerprint density at radius 1 is 1.17 bits per heavy atom. The molecule has 1 aliphatic heterocycles. The van der Waals surface area contributed by atoms with E-state index in [1.807, 2.05) is 36.4 Å². The zero-order valence-electron chi connectivity index (χ0n) is 17.0. The van der Waals surface area contributed by atoms with Gasteiger partial charge in [0.25, 0.3) is 10.1 Å². The van der Waals surface area contributed by atoms with E-state index in [1.165, 1.54) is 0 Å². The smallest absolute Gasteiger partial charge is 0.264 e. The summed E-state index contributed by atoms with van der Waals surface area (Å²) in [7, 11) is -3.69. The molecule has 1 amide bonds. The fraction of sp³-hybridized carbons (Fsp3) is 0.409. The van der Waals surface area contributed by atoms with Crippen molar-refractivity contribution in [2.24, 2.45) is 0 Å². The van der Waals surface area contributed by atoms with Crippen LogP contribution in [0.5, 0.6) is 0 Å². The fourth-order valence-corrected chi connectivity index (χ4v) is 5.15. The van der Waals surface area contributed by atoms with Crippen LogP contribution in [0.2, 0.25) is 10.0 Å². The fourth-order valence-electron chi connectivity index (χ4n) is 4.14. The molecule has 0 N–H and O–H groups in total. The summed E-state index contributed by atoms with van der Waals surface area (Å²) in [5, 5.41) is 0.799. The molecule has 3 rings (SSSR count). The van der Waals surface area contributed by atoms with Gasteiger partial charge < -0.3 is 4.90 Å². The maximum atomic E-state index is 13.0. The Morgan fingerprint density at radius 2 is 1.87 bits per heavy atom. The minimum Gasteiger partial charge on any atom is -0.341 e. The van der Waals surface area contributed by atoms with Gasteiger partial charge in [-0.2, -0.15) is 8.42 Å². The second-order valence-corrected chi connectivity index (χ2v) is 10.2. The lowest BCUT2D eigenvalue weighted by atomic mass is 9.70. The van der Waals surface area contributed by atoms with Gasteiger partial charge in [-0.1, -0.05) is 59.6 Å². The van der Waals surface area contributed by atoms with Crippen LogP contribution in [-0.4, -0.2) is 44.7 Å². The number of halogens is 2. The molecular weight excluding hydrogens is 445 g/mol. The van der Waals surface area contributed by atoms with Crippen molar-refractivity contribution in [2.45, 2.75) is 37.7 Å². The monoisotopic (exact) mass is 469 g/mol. The van der Waals surface area contributed by atoms with E-state index in [9.17, 15) is 13.2 Å². The molecule has 1 aliphatic rings. The zero-order chi connectivity index (χ0) is 21.9. The summed E-state index contributed by atoms with van der Waals surface area (Å²) in [5.41, 5.74) is 1.03. The maximum absolute atomic E-state index is 13.0. The molecule has 2 unspecified atom stereocenters. The molecule has 1 saturated heterocycles. The summed E-state index contributed by atoms with van der Waals surface area (Å²) in [5.74, 6) is -0.00288. The Morgan fingerprint density at radius 3 is 2.50 bits per heavy atom. The number of piperidine rings is 1. The van der Waals surface area contributed by atoms with E-state index in [1.54, 1.807) is 24.0 Å². The van der Waals surface area contributed by atoms with Crippen molar-refractivity contribution in [3.05, 3.63) is 69.7 Å². The highest BCUT2D eigenvalue weighted by atomic mass is 35.5. The van der Waals surface area contributed by atoms with E-state index in [4.69, 9.17) is 27.4 Å². The predicted octanol–water partition coefficient (Wildman–Crippen LogP) is 4.46. The van der Waals surface area contributed by atoms with E-state index in [0.29, 0.717) is 36.0 Å². The topological polar surface area (TPSA) is 63.7 Å². The standard InChI is InChI=1S/C22H25Cl2NO4S/c1-16(29-30(2,27)28)22(18-9-10-19(23)20(24)14-18)11-6-12-25(15-22)21(26)13-17-7-4-3-5-8-17/h3-5,7-10,14,16H,6,11-13,15H2,1-2H3. The van der Waals surface area contributed by atoms with Crippen molar-refractivity contribution in [2.75, 3.05) is 19.3 Å². The first-order valence-electron chi connectivity index (χ1n) is 9.76. The average Bonchev–Trinajstić information content (AvgIpc) is 2.69. The number of nitrogens with zero attached hydrogens (tertiary/aromatic N) is 1. The Labute approximate surface area is 188 Å². The minimum absolute atomic E-state index is 0.00288. The van der Waals surface area contributed by atoms with Crippen LogP contribution in [0.3, 0.4) is 0 Å². The van der Waals surface area contributed by atoms with E-state index < -0.39 is 21.6 Å². The molecule has 0 saturated carbocycles. The highest BCUT2D eigenvalue weighted by molar-refractivity contribution is 7.86. The van der Waals surface area contributed by atoms with Gasteiger partial charge in [0, 0.05) is 18.5 Å². The molecule has 0 spiro atoms. The quantitative estimate of drug-likeness (QED) is 0.585. The third-order valence-electron chi connectivity index (χ3n) is 5.67. The number of hydrogen-bond acceptors (Lipinski definition) is 4. The first-order valence-corrected chi connectivity index (χ1v) is 12.3. The number of carbonyl (C=O) groups is 1. The Balaban J connectivity index is 1.94. The molecule has 1 fully saturated rings. The summed E-state index contributed by atoms with van der Waals surface area (Å²) in [6, 6.07) is 14.8. The lowest BCUT2D eigenvalue weighted by molar-refractivity contribution is -0.133. The molecule has 0 aliphatic carbocycles. The average molecular weight is 470 g/mol. The summed E-state index contributed by atoms with van der Waals surface area (Å²) in [6.45, 7) is 2.68. The second-order valence-electron chi connectivity index (χ2n) is 7.81. The molecule has 162 valence electrons. The molecule has 30 heavy (non-hydrogen) atoms. The van der Waals surface area contributed by atoms with Crippen molar-refractivity contribution in [1.82, 2.24) is 4.90 Å². The summed E-state index contributed by atoms with van der Waals surface area (Å²) < 4.78 is 29.2. The first kappa shape index (κ1) is 23.1. The SMILES string of the molecule is CC(OS(C)(=O)=O)C1(c2ccc(Cl)c(Cl)c2)CCCN(C(=O)Cc2ccccc2)C1. The van der Waals surface area contributed by atoms with E-state index in [0.717, 1.165) is 23.8 Å². The van der Waals surface area contributed by atoms with E-state index in [2.05, 4.69) is 0 Å². The third kappa shape index (κ3) is 5.35. The Bertz CT molecular complexity index is 1010. The van der Waals surface area contributed by atoms with Crippen molar-refractivity contribution in [3.63, 3.8) is 0 Å². The molecule has 5 nitrogen and oxygen atoms in total. The molecule has 1 heterocycles. The Kier molecular flexibility index (Phi) is 7.13. The maximum Gasteiger partial charge on any atom is 0.264 e. The summed E-state index contributed by atoms with van der Waals surface area (Å²) >= 11 is 12.4. The van der Waals surface area contributed by atoms with Crippen LogP contribution in [0.1, 0.15) is 30.9 Å². The lowest BCUT2D eigenvalue weighted by Gasteiger charge is -2.46. The van der Waals surface area contributed by atoms with Crippen molar-refractivity contribution in [3.8, 4) is 0 Å².